The van der Waals surface area contributed by atoms with Crippen molar-refractivity contribution in [1.29, 1.82) is 0 Å². The second kappa shape index (κ2) is 13.2. The maximum atomic E-state index is 14.5. The third-order valence-corrected chi connectivity index (χ3v) is 7.34. The van der Waals surface area contributed by atoms with Crippen LogP contribution in [0.4, 0.5) is 17.6 Å². The van der Waals surface area contributed by atoms with Crippen molar-refractivity contribution in [3.8, 4) is 5.75 Å². The zero-order chi connectivity index (χ0) is 30.4. The molecule has 2 heterocycles. The van der Waals surface area contributed by atoms with Gasteiger partial charge in [0.2, 0.25) is 12.3 Å². The Morgan fingerprint density at radius 2 is 1.95 bits per heavy atom. The fraction of sp³-hybridized carbons (Fsp3) is 0.400. The van der Waals surface area contributed by atoms with Crippen molar-refractivity contribution in [2.75, 3.05) is 13.1 Å². The number of hydrogen-bond acceptors (Lipinski definition) is 5. The van der Waals surface area contributed by atoms with Gasteiger partial charge in [0.1, 0.15) is 6.61 Å². The van der Waals surface area contributed by atoms with E-state index in [1.54, 1.807) is 6.07 Å². The molecule has 3 atom stereocenters. The number of nitrogens with zero attached hydrogens (tertiary/aromatic N) is 2. The second-order valence-corrected chi connectivity index (χ2v) is 10.5. The Hall–Kier alpha value is -4.22. The number of aryl methyl sites for hydroxylation is 1. The number of benzene rings is 2. The predicted octanol–water partition coefficient (Wildman–Crippen LogP) is 4.07. The molecular weight excluding hydrogens is 556 g/mol. The van der Waals surface area contributed by atoms with E-state index in [2.05, 4.69) is 11.9 Å². The Labute approximate surface area is 240 Å². The average molecular weight is 589 g/mol. The van der Waals surface area contributed by atoms with E-state index in [9.17, 15) is 31.9 Å². The summed E-state index contributed by atoms with van der Waals surface area (Å²) >= 11 is 0. The molecule has 1 aromatic heterocycles. The van der Waals surface area contributed by atoms with Crippen LogP contribution in [0.1, 0.15) is 36.6 Å². The van der Waals surface area contributed by atoms with Gasteiger partial charge in [-0.15, -0.1) is 0 Å². The van der Waals surface area contributed by atoms with Crippen LogP contribution in [-0.2, 0) is 33.8 Å². The van der Waals surface area contributed by atoms with Gasteiger partial charge in [0.25, 0.3) is 0 Å². The minimum Gasteiger partial charge on any atom is -0.486 e. The molecule has 3 N–H and O–H groups in total. The summed E-state index contributed by atoms with van der Waals surface area (Å²) in [6.07, 6.45) is -1.65. The highest BCUT2D eigenvalue weighted by atomic mass is 19.4. The quantitative estimate of drug-likeness (QED) is 0.289. The highest BCUT2D eigenvalue weighted by Crippen LogP contribution is 2.41. The Morgan fingerprint density at radius 1 is 1.19 bits per heavy atom. The predicted molar refractivity (Wildman–Crippen MR) is 147 cm³/mol. The smallest absolute Gasteiger partial charge is 0.471 e. The molecule has 1 saturated heterocycles. The molecule has 2 aromatic carbocycles. The summed E-state index contributed by atoms with van der Waals surface area (Å²) in [5, 5.41) is 2.84. The number of carbonyl (C=O) groups excluding carboxylic acids is 3. The number of pyridine rings is 1. The van der Waals surface area contributed by atoms with E-state index in [0.717, 1.165) is 40.6 Å². The molecular formula is C30H32F4N4O4. The summed E-state index contributed by atoms with van der Waals surface area (Å²) in [5.41, 5.74) is 9.08. The first-order valence-corrected chi connectivity index (χ1v) is 13.6. The number of nitrogens with two attached hydrogens (primary N) is 1. The van der Waals surface area contributed by atoms with Gasteiger partial charge in [-0.1, -0.05) is 31.2 Å². The van der Waals surface area contributed by atoms with E-state index in [1.807, 2.05) is 41.7 Å². The van der Waals surface area contributed by atoms with E-state index >= 15 is 0 Å². The van der Waals surface area contributed by atoms with E-state index in [4.69, 9.17) is 10.5 Å². The highest BCUT2D eigenvalue weighted by molar-refractivity contribution is 5.82. The molecule has 8 nitrogen and oxygen atoms in total. The number of carbonyl (C=O) groups is 3. The van der Waals surface area contributed by atoms with Crippen LogP contribution in [0.5, 0.6) is 5.75 Å². The first kappa shape index (κ1) is 30.7. The summed E-state index contributed by atoms with van der Waals surface area (Å²) in [6.45, 7) is 2.86. The van der Waals surface area contributed by atoms with Crippen LogP contribution >= 0.6 is 0 Å². The molecule has 3 amide bonds. The SMILES string of the molecule is CCc1cc(COc2ccc(CC3CC3C(N)=O)cc2F)c2ccccc2n1.O=CN1CC[C@@H](NC(=O)C(F)(F)F)C1. The third-order valence-electron chi connectivity index (χ3n) is 7.34. The van der Waals surface area contributed by atoms with Crippen LogP contribution in [-0.4, -0.2) is 53.4 Å². The number of para-hydroxylation sites is 1. The maximum Gasteiger partial charge on any atom is 0.471 e. The van der Waals surface area contributed by atoms with Gasteiger partial charge in [-0.3, -0.25) is 19.4 Å². The van der Waals surface area contributed by atoms with Gasteiger partial charge in [0.05, 0.1) is 5.52 Å². The largest absolute Gasteiger partial charge is 0.486 e. The Kier molecular flexibility index (Phi) is 9.64. The van der Waals surface area contributed by atoms with Crippen molar-refractivity contribution in [2.45, 2.75) is 51.4 Å². The zero-order valence-electron chi connectivity index (χ0n) is 23.0. The number of rotatable bonds is 9. The van der Waals surface area contributed by atoms with Gasteiger partial charge in [-0.2, -0.15) is 13.2 Å². The molecule has 12 heteroatoms. The van der Waals surface area contributed by atoms with Crippen molar-refractivity contribution >= 4 is 29.1 Å². The van der Waals surface area contributed by atoms with Gasteiger partial charge >= 0.3 is 12.1 Å². The van der Waals surface area contributed by atoms with Crippen LogP contribution in [0.15, 0.2) is 48.5 Å². The fourth-order valence-corrected chi connectivity index (χ4v) is 4.95. The van der Waals surface area contributed by atoms with E-state index < -0.39 is 18.1 Å². The van der Waals surface area contributed by atoms with E-state index in [-0.39, 0.29) is 42.5 Å². The number of nitrogens with one attached hydrogen (secondary N) is 1. The second-order valence-electron chi connectivity index (χ2n) is 10.5. The fourth-order valence-electron chi connectivity index (χ4n) is 4.95. The minimum absolute atomic E-state index is 0.0632. The molecule has 3 aromatic rings. The lowest BCUT2D eigenvalue weighted by Crippen LogP contribution is -2.44. The molecule has 0 spiro atoms. The van der Waals surface area contributed by atoms with Crippen molar-refractivity contribution in [2.24, 2.45) is 17.6 Å². The summed E-state index contributed by atoms with van der Waals surface area (Å²) in [5.74, 6) is -2.20. The summed E-state index contributed by atoms with van der Waals surface area (Å²) < 4.78 is 55.7. The van der Waals surface area contributed by atoms with Crippen molar-refractivity contribution in [1.82, 2.24) is 15.2 Å². The van der Waals surface area contributed by atoms with Gasteiger partial charge < -0.3 is 20.7 Å². The molecule has 0 bridgehead atoms. The first-order valence-electron chi connectivity index (χ1n) is 13.6. The topological polar surface area (TPSA) is 115 Å². The molecule has 5 rings (SSSR count). The summed E-state index contributed by atoms with van der Waals surface area (Å²) in [6, 6.07) is 14.4. The maximum absolute atomic E-state index is 14.5. The van der Waals surface area contributed by atoms with Gasteiger partial charge in [0, 0.05) is 41.7 Å². The number of ether oxygens (including phenoxy) is 1. The molecule has 1 aliphatic carbocycles. The zero-order valence-corrected chi connectivity index (χ0v) is 23.0. The highest BCUT2D eigenvalue weighted by Gasteiger charge is 2.41. The molecule has 1 saturated carbocycles. The van der Waals surface area contributed by atoms with Crippen molar-refractivity contribution in [3.05, 3.63) is 71.2 Å². The molecule has 224 valence electrons. The lowest BCUT2D eigenvalue weighted by atomic mass is 10.1. The molecule has 0 radical (unpaired) electrons. The van der Waals surface area contributed by atoms with Crippen LogP contribution in [0.25, 0.3) is 10.9 Å². The molecule has 2 fully saturated rings. The summed E-state index contributed by atoms with van der Waals surface area (Å²) in [4.78, 5) is 37.8. The van der Waals surface area contributed by atoms with Crippen molar-refractivity contribution in [3.63, 3.8) is 0 Å². The molecule has 2 unspecified atom stereocenters. The van der Waals surface area contributed by atoms with Crippen LogP contribution in [0.3, 0.4) is 0 Å². The monoisotopic (exact) mass is 588 g/mol. The Bertz CT molecular complexity index is 1450. The minimum atomic E-state index is -4.85. The van der Waals surface area contributed by atoms with E-state index in [0.29, 0.717) is 25.8 Å². The van der Waals surface area contributed by atoms with Crippen LogP contribution in [0, 0.1) is 17.7 Å². The standard InChI is InChI=1S/C23H23FN2O2.C7H9F3N2O2/c1-2-17-11-16(18-5-3-4-6-21(18)26-17)13-28-22-8-7-14(10-20(22)24)9-15-12-19(15)23(25)27;8-7(9,10)6(14)11-5-1-2-12(3-5)4-13/h3-8,10-11,15,19H,2,9,12-13H2,1H3,(H2,25,27);4-5H,1-3H2,(H,11,14)/t;5-/m.1/s1. The van der Waals surface area contributed by atoms with Gasteiger partial charge in [-0.05, 0) is 61.4 Å². The Morgan fingerprint density at radius 3 is 2.57 bits per heavy atom. The number of amides is 3. The molecule has 1 aliphatic heterocycles. The number of primary amides is 1. The number of aromatic nitrogens is 1. The number of likely N-dealkylation sites (tertiary alicyclic amines) is 1. The van der Waals surface area contributed by atoms with Crippen LogP contribution < -0.4 is 15.8 Å². The van der Waals surface area contributed by atoms with Gasteiger partial charge in [0.15, 0.2) is 11.6 Å². The first-order chi connectivity index (χ1) is 20.0. The third kappa shape index (κ3) is 7.95. The Balaban J connectivity index is 0.000000244. The lowest BCUT2D eigenvalue weighted by molar-refractivity contribution is -0.174. The number of alkyl halides is 3. The van der Waals surface area contributed by atoms with Gasteiger partial charge in [-0.25, -0.2) is 4.39 Å². The summed E-state index contributed by atoms with van der Waals surface area (Å²) in [7, 11) is 0. The van der Waals surface area contributed by atoms with E-state index in [1.165, 1.54) is 11.0 Å². The number of hydrogen-bond donors (Lipinski definition) is 2. The average Bonchev–Trinajstić information content (AvgIpc) is 3.58. The van der Waals surface area contributed by atoms with Crippen LogP contribution in [0.2, 0.25) is 0 Å². The molecule has 42 heavy (non-hydrogen) atoms. The molecule has 2 aliphatic rings. The van der Waals surface area contributed by atoms with Crippen molar-refractivity contribution < 1.29 is 36.7 Å². The lowest BCUT2D eigenvalue weighted by Gasteiger charge is -2.13. The number of halogens is 4. The number of fused-ring (bicyclic) bond motifs is 1. The normalized spacial score (nSPS) is 19.5.